The number of hydrogen-bond acceptors (Lipinski definition) is 3. The van der Waals surface area contributed by atoms with E-state index in [4.69, 9.17) is 0 Å². The van der Waals surface area contributed by atoms with Gasteiger partial charge in [0.1, 0.15) is 6.04 Å². The van der Waals surface area contributed by atoms with Crippen molar-refractivity contribution < 1.29 is 14.7 Å². The van der Waals surface area contributed by atoms with Gasteiger partial charge < -0.3 is 20.6 Å². The summed E-state index contributed by atoms with van der Waals surface area (Å²) in [6.07, 6.45) is 0.279. The molecular formula is C21H25N3O3. The van der Waals surface area contributed by atoms with E-state index in [1.54, 1.807) is 12.1 Å². The van der Waals surface area contributed by atoms with Gasteiger partial charge in [-0.2, -0.15) is 0 Å². The van der Waals surface area contributed by atoms with Crippen LogP contribution in [0.5, 0.6) is 0 Å². The average molecular weight is 367 g/mol. The van der Waals surface area contributed by atoms with E-state index < -0.39 is 12.1 Å². The fourth-order valence-corrected chi connectivity index (χ4v) is 3.33. The largest absolute Gasteiger partial charge is 0.391 e. The van der Waals surface area contributed by atoms with Crippen molar-refractivity contribution in [3.63, 3.8) is 0 Å². The van der Waals surface area contributed by atoms with Crippen molar-refractivity contribution >= 4 is 17.6 Å². The summed E-state index contributed by atoms with van der Waals surface area (Å²) < 4.78 is 0. The summed E-state index contributed by atoms with van der Waals surface area (Å²) in [4.78, 5) is 26.5. The summed E-state index contributed by atoms with van der Waals surface area (Å²) in [6.45, 7) is 2.68. The monoisotopic (exact) mass is 367 g/mol. The summed E-state index contributed by atoms with van der Waals surface area (Å²) in [7, 11) is 0. The number of β-amino-alcohol motifs (C(OH)–C–C–N with tert-alkyl or cyclic N) is 1. The molecule has 6 heteroatoms. The minimum Gasteiger partial charge on any atom is -0.391 e. The number of carbonyl (C=O) groups excluding carboxylic acids is 2. The Labute approximate surface area is 159 Å². The molecule has 2 aromatic carbocycles. The predicted octanol–water partition coefficient (Wildman–Crippen LogP) is 2.32. The maximum absolute atomic E-state index is 12.6. The standard InChI is InChI=1S/C21H25N3O3/c1-15-7-5-6-8-16(15)11-12-22-20(26)19-13-18(25)14-24(19)21(27)23-17-9-3-2-4-10-17/h2-10,18-19,25H,11-14H2,1H3,(H,22,26)(H,23,27)/t18-,19+/m1/s1. The molecule has 2 aromatic rings. The number of aliphatic hydroxyl groups excluding tert-OH is 1. The normalized spacial score (nSPS) is 19.0. The number of amides is 3. The molecule has 1 aliphatic heterocycles. The van der Waals surface area contributed by atoms with Gasteiger partial charge in [0.2, 0.25) is 5.91 Å². The van der Waals surface area contributed by atoms with Gasteiger partial charge in [0.15, 0.2) is 0 Å². The fraction of sp³-hybridized carbons (Fsp3) is 0.333. The lowest BCUT2D eigenvalue weighted by Crippen LogP contribution is -2.47. The van der Waals surface area contributed by atoms with Gasteiger partial charge in [-0.3, -0.25) is 4.79 Å². The zero-order valence-corrected chi connectivity index (χ0v) is 15.4. The average Bonchev–Trinajstić information content (AvgIpc) is 3.06. The SMILES string of the molecule is Cc1ccccc1CCNC(=O)[C@@H]1C[C@@H](O)CN1C(=O)Nc1ccccc1. The highest BCUT2D eigenvalue weighted by atomic mass is 16.3. The second-order valence-corrected chi connectivity index (χ2v) is 6.82. The maximum atomic E-state index is 12.6. The number of aliphatic hydroxyl groups is 1. The van der Waals surface area contributed by atoms with Gasteiger partial charge in [0.05, 0.1) is 6.10 Å². The van der Waals surface area contributed by atoms with E-state index in [0.29, 0.717) is 12.2 Å². The molecule has 3 N–H and O–H groups in total. The highest BCUT2D eigenvalue weighted by Gasteiger charge is 2.38. The molecule has 27 heavy (non-hydrogen) atoms. The number of carbonyl (C=O) groups is 2. The number of urea groups is 1. The van der Waals surface area contributed by atoms with E-state index >= 15 is 0 Å². The molecule has 0 saturated carbocycles. The Hall–Kier alpha value is -2.86. The second kappa shape index (κ2) is 8.68. The highest BCUT2D eigenvalue weighted by molar-refractivity contribution is 5.94. The molecule has 0 radical (unpaired) electrons. The Morgan fingerprint density at radius 3 is 2.56 bits per heavy atom. The number of nitrogens with one attached hydrogen (secondary N) is 2. The first-order valence-corrected chi connectivity index (χ1v) is 9.17. The first-order valence-electron chi connectivity index (χ1n) is 9.17. The van der Waals surface area contributed by atoms with Crippen LogP contribution in [0.1, 0.15) is 17.5 Å². The van der Waals surface area contributed by atoms with Gasteiger partial charge in [0, 0.05) is 25.2 Å². The third-order valence-electron chi connectivity index (χ3n) is 4.82. The highest BCUT2D eigenvalue weighted by Crippen LogP contribution is 2.20. The molecule has 142 valence electrons. The van der Waals surface area contributed by atoms with Crippen molar-refractivity contribution in [1.29, 1.82) is 0 Å². The van der Waals surface area contributed by atoms with Crippen molar-refractivity contribution in [2.75, 3.05) is 18.4 Å². The number of benzene rings is 2. The topological polar surface area (TPSA) is 81.7 Å². The molecular weight excluding hydrogens is 342 g/mol. The molecule has 0 bridgehead atoms. The lowest BCUT2D eigenvalue weighted by Gasteiger charge is -2.24. The lowest BCUT2D eigenvalue weighted by atomic mass is 10.1. The number of anilines is 1. The van der Waals surface area contributed by atoms with E-state index in [2.05, 4.69) is 10.6 Å². The van der Waals surface area contributed by atoms with Gasteiger partial charge in [-0.1, -0.05) is 42.5 Å². The van der Waals surface area contributed by atoms with E-state index in [-0.39, 0.29) is 24.9 Å². The zero-order valence-electron chi connectivity index (χ0n) is 15.4. The van der Waals surface area contributed by atoms with Crippen LogP contribution >= 0.6 is 0 Å². The first kappa shape index (κ1) is 18.9. The van der Waals surface area contributed by atoms with Crippen molar-refractivity contribution in [3.05, 3.63) is 65.7 Å². The lowest BCUT2D eigenvalue weighted by molar-refractivity contribution is -0.124. The van der Waals surface area contributed by atoms with E-state index in [0.717, 1.165) is 6.42 Å². The van der Waals surface area contributed by atoms with Crippen LogP contribution in [-0.2, 0) is 11.2 Å². The van der Waals surface area contributed by atoms with Gasteiger partial charge in [-0.05, 0) is 36.6 Å². The summed E-state index contributed by atoms with van der Waals surface area (Å²) >= 11 is 0. The van der Waals surface area contributed by atoms with Crippen molar-refractivity contribution in [3.8, 4) is 0 Å². The molecule has 2 atom stereocenters. The van der Waals surface area contributed by atoms with E-state index in [1.165, 1.54) is 16.0 Å². The predicted molar refractivity (Wildman–Crippen MR) is 104 cm³/mol. The van der Waals surface area contributed by atoms with Crippen LogP contribution in [-0.4, -0.2) is 47.2 Å². The molecule has 1 fully saturated rings. The molecule has 3 amide bonds. The van der Waals surface area contributed by atoms with E-state index in [9.17, 15) is 14.7 Å². The van der Waals surface area contributed by atoms with Crippen molar-refractivity contribution in [2.24, 2.45) is 0 Å². The minimum atomic E-state index is -0.696. The summed E-state index contributed by atoms with van der Waals surface area (Å²) in [5.41, 5.74) is 3.03. The van der Waals surface area contributed by atoms with Crippen LogP contribution in [0.3, 0.4) is 0 Å². The maximum Gasteiger partial charge on any atom is 0.322 e. The molecule has 0 unspecified atom stereocenters. The van der Waals surface area contributed by atoms with Crippen molar-refractivity contribution in [1.82, 2.24) is 10.2 Å². The van der Waals surface area contributed by atoms with E-state index in [1.807, 2.05) is 49.4 Å². The number of aryl methyl sites for hydroxylation is 1. The third kappa shape index (κ3) is 4.86. The van der Waals surface area contributed by atoms with Crippen LogP contribution in [0.15, 0.2) is 54.6 Å². The minimum absolute atomic E-state index is 0.147. The summed E-state index contributed by atoms with van der Waals surface area (Å²) in [6, 6.07) is 16.1. The Morgan fingerprint density at radius 2 is 1.81 bits per heavy atom. The molecule has 6 nitrogen and oxygen atoms in total. The smallest absolute Gasteiger partial charge is 0.322 e. The molecule has 0 aromatic heterocycles. The van der Waals surface area contributed by atoms with Crippen LogP contribution in [0, 0.1) is 6.92 Å². The first-order chi connectivity index (χ1) is 13.0. The second-order valence-electron chi connectivity index (χ2n) is 6.82. The van der Waals surface area contributed by atoms with Gasteiger partial charge in [0.25, 0.3) is 0 Å². The van der Waals surface area contributed by atoms with Gasteiger partial charge in [-0.15, -0.1) is 0 Å². The molecule has 0 spiro atoms. The molecule has 1 saturated heterocycles. The third-order valence-corrected chi connectivity index (χ3v) is 4.82. The zero-order chi connectivity index (χ0) is 19.2. The fourth-order valence-electron chi connectivity index (χ4n) is 3.33. The Kier molecular flexibility index (Phi) is 6.08. The van der Waals surface area contributed by atoms with Gasteiger partial charge in [-0.25, -0.2) is 4.79 Å². The van der Waals surface area contributed by atoms with Gasteiger partial charge >= 0.3 is 6.03 Å². The molecule has 0 aliphatic carbocycles. The van der Waals surface area contributed by atoms with Crippen molar-refractivity contribution in [2.45, 2.75) is 31.9 Å². The summed E-state index contributed by atoms with van der Waals surface area (Å²) in [5, 5.41) is 15.6. The van der Waals surface area contributed by atoms with Crippen LogP contribution in [0.25, 0.3) is 0 Å². The quantitative estimate of drug-likeness (QED) is 0.759. The summed E-state index contributed by atoms with van der Waals surface area (Å²) in [5.74, 6) is -0.233. The molecule has 1 aliphatic rings. The Balaban J connectivity index is 1.57. The number of nitrogens with zero attached hydrogens (tertiary/aromatic N) is 1. The number of likely N-dealkylation sites (tertiary alicyclic amines) is 1. The number of rotatable bonds is 5. The van der Waals surface area contributed by atoms with Crippen LogP contribution in [0.2, 0.25) is 0 Å². The Morgan fingerprint density at radius 1 is 1.11 bits per heavy atom. The van der Waals surface area contributed by atoms with Crippen LogP contribution in [0.4, 0.5) is 10.5 Å². The number of hydrogen-bond donors (Lipinski definition) is 3. The molecule has 3 rings (SSSR count). The molecule has 1 heterocycles. The van der Waals surface area contributed by atoms with Crippen LogP contribution < -0.4 is 10.6 Å². The number of para-hydroxylation sites is 1. The Bertz CT molecular complexity index is 794.